The van der Waals surface area contributed by atoms with Crippen LogP contribution in [0.15, 0.2) is 55.6 Å². The number of ether oxygens (including phenoxy) is 1. The molecule has 4 rings (SSSR count). The van der Waals surface area contributed by atoms with Crippen molar-refractivity contribution in [3.05, 3.63) is 61.2 Å². The number of likely N-dealkylation sites (tertiary alicyclic amines) is 1. The molecule has 0 radical (unpaired) electrons. The molecule has 8 nitrogen and oxygen atoms in total. The van der Waals surface area contributed by atoms with Crippen LogP contribution in [0.1, 0.15) is 87.1 Å². The number of carbonyl (C=O) groups excluding carboxylic acids is 3. The Labute approximate surface area is 283 Å². The highest BCUT2D eigenvalue weighted by Gasteiger charge is 2.80. The zero-order valence-corrected chi connectivity index (χ0v) is 30.3. The van der Waals surface area contributed by atoms with E-state index in [9.17, 15) is 14.7 Å². The van der Waals surface area contributed by atoms with Crippen molar-refractivity contribution >= 4 is 17.7 Å². The van der Waals surface area contributed by atoms with Crippen LogP contribution in [0.2, 0.25) is 0 Å². The molecule has 0 saturated carbocycles. The molecule has 8 heteroatoms. The smallest absolute Gasteiger partial charge is 0.249 e. The second-order valence-electron chi connectivity index (χ2n) is 16.7. The molecule has 2 bridgehead atoms. The number of aliphatic hydroxyl groups is 1. The maximum absolute atomic E-state index is 15.2. The zero-order chi connectivity index (χ0) is 35.1. The van der Waals surface area contributed by atoms with Gasteiger partial charge in [0, 0.05) is 25.2 Å². The first kappa shape index (κ1) is 36.9. The lowest BCUT2D eigenvalue weighted by atomic mass is 9.62. The van der Waals surface area contributed by atoms with Gasteiger partial charge in [-0.25, -0.2) is 0 Å². The Hall–Kier alpha value is -2.97. The van der Waals surface area contributed by atoms with Crippen LogP contribution in [0.25, 0.3) is 0 Å². The summed E-state index contributed by atoms with van der Waals surface area (Å²) in [5.74, 6) is -2.24. The van der Waals surface area contributed by atoms with E-state index in [4.69, 9.17) is 4.74 Å². The molecule has 1 aromatic carbocycles. The van der Waals surface area contributed by atoms with E-state index < -0.39 is 40.7 Å². The molecule has 3 aliphatic rings. The average Bonchev–Trinajstić information content (AvgIpc) is 3.49. The number of rotatable bonds is 14. The summed E-state index contributed by atoms with van der Waals surface area (Å²) in [6, 6.07) is 8.21. The minimum atomic E-state index is -1.21. The van der Waals surface area contributed by atoms with Crippen molar-refractivity contribution in [2.24, 2.45) is 29.1 Å². The second kappa shape index (κ2) is 13.5. The number of amides is 3. The molecule has 3 amide bonds. The average molecular weight is 650 g/mol. The number of benzene rings is 1. The number of nitrogens with zero attached hydrogens (tertiary/aromatic N) is 3. The van der Waals surface area contributed by atoms with Crippen LogP contribution in [0.3, 0.4) is 0 Å². The third-order valence-electron chi connectivity index (χ3n) is 10.7. The molecule has 1 N–H and O–H groups in total. The summed E-state index contributed by atoms with van der Waals surface area (Å²) < 4.78 is 7.08. The van der Waals surface area contributed by atoms with Crippen molar-refractivity contribution in [3.8, 4) is 0 Å². The van der Waals surface area contributed by atoms with Gasteiger partial charge in [0.25, 0.3) is 0 Å². The van der Waals surface area contributed by atoms with E-state index in [-0.39, 0.29) is 41.6 Å². The zero-order valence-electron chi connectivity index (χ0n) is 30.3. The predicted molar refractivity (Wildman–Crippen MR) is 186 cm³/mol. The minimum Gasteiger partial charge on any atom is -0.394 e. The monoisotopic (exact) mass is 649 g/mol. The maximum Gasteiger partial charge on any atom is 0.249 e. The van der Waals surface area contributed by atoms with E-state index in [0.717, 1.165) is 12.0 Å². The molecule has 3 saturated heterocycles. The topological polar surface area (TPSA) is 90.4 Å². The number of fused-ring (bicyclic) bond motifs is 1. The van der Waals surface area contributed by atoms with Crippen molar-refractivity contribution in [2.75, 3.05) is 19.7 Å². The lowest BCUT2D eigenvalue weighted by Gasteiger charge is -2.46. The van der Waals surface area contributed by atoms with Crippen molar-refractivity contribution in [1.82, 2.24) is 14.7 Å². The Morgan fingerprint density at radius 1 is 1.09 bits per heavy atom. The lowest BCUT2D eigenvalue weighted by Crippen LogP contribution is -2.62. The van der Waals surface area contributed by atoms with Crippen molar-refractivity contribution in [1.29, 1.82) is 0 Å². The van der Waals surface area contributed by atoms with Gasteiger partial charge in [0.05, 0.1) is 30.1 Å². The number of hydrogen-bond donors (Lipinski definition) is 1. The SMILES string of the molecule is C=CCN(Cc1ccccc1)C(=O)[C@@H]1[C@H]2C(=O)N([C@@H](CO)CC(C)C)C(C(=O)N(CC=C)C(C)(C)CC(C)(C)C)C23CC(C)[C@@]1(C)O3. The minimum absolute atomic E-state index is 0.0737. The van der Waals surface area contributed by atoms with Crippen molar-refractivity contribution in [3.63, 3.8) is 0 Å². The summed E-state index contributed by atoms with van der Waals surface area (Å²) in [6.07, 6.45) is 5.15. The molecule has 7 atom stereocenters. The number of carbonyl (C=O) groups is 3. The van der Waals surface area contributed by atoms with Gasteiger partial charge in [0.2, 0.25) is 17.7 Å². The Morgan fingerprint density at radius 3 is 2.23 bits per heavy atom. The first-order valence-corrected chi connectivity index (χ1v) is 17.4. The fourth-order valence-electron chi connectivity index (χ4n) is 9.24. The summed E-state index contributed by atoms with van der Waals surface area (Å²) in [5, 5.41) is 10.8. The van der Waals surface area contributed by atoms with Crippen LogP contribution in [0.4, 0.5) is 0 Å². The Bertz CT molecular complexity index is 1340. The van der Waals surface area contributed by atoms with Gasteiger partial charge in [-0.3, -0.25) is 14.4 Å². The third kappa shape index (κ3) is 6.69. The molecular formula is C39H59N3O5. The van der Waals surface area contributed by atoms with Gasteiger partial charge >= 0.3 is 0 Å². The largest absolute Gasteiger partial charge is 0.394 e. The fraction of sp³-hybridized carbons (Fsp3) is 0.667. The Balaban J connectivity index is 1.87. The van der Waals surface area contributed by atoms with Gasteiger partial charge in [-0.2, -0.15) is 0 Å². The van der Waals surface area contributed by atoms with E-state index in [0.29, 0.717) is 32.5 Å². The summed E-state index contributed by atoms with van der Waals surface area (Å²) >= 11 is 0. The number of hydrogen-bond acceptors (Lipinski definition) is 5. The molecule has 0 aromatic heterocycles. The predicted octanol–water partition coefficient (Wildman–Crippen LogP) is 5.85. The van der Waals surface area contributed by atoms with Crippen molar-refractivity contribution in [2.45, 2.75) is 117 Å². The van der Waals surface area contributed by atoms with Crippen LogP contribution < -0.4 is 0 Å². The molecular weight excluding hydrogens is 590 g/mol. The van der Waals surface area contributed by atoms with E-state index in [2.05, 4.69) is 54.7 Å². The summed E-state index contributed by atoms with van der Waals surface area (Å²) in [7, 11) is 0. The first-order valence-electron chi connectivity index (χ1n) is 17.4. The first-order chi connectivity index (χ1) is 21.9. The number of aliphatic hydroxyl groups excluding tert-OH is 1. The van der Waals surface area contributed by atoms with Gasteiger partial charge in [0.15, 0.2) is 0 Å². The van der Waals surface area contributed by atoms with Gasteiger partial charge in [-0.05, 0) is 62.8 Å². The second-order valence-corrected chi connectivity index (χ2v) is 16.7. The molecule has 260 valence electrons. The molecule has 47 heavy (non-hydrogen) atoms. The molecule has 3 fully saturated rings. The van der Waals surface area contributed by atoms with Gasteiger partial charge in [0.1, 0.15) is 11.6 Å². The summed E-state index contributed by atoms with van der Waals surface area (Å²) in [5.41, 5.74) is -1.83. The third-order valence-corrected chi connectivity index (χ3v) is 10.7. The molecule has 1 spiro atoms. The highest BCUT2D eigenvalue weighted by molar-refractivity contribution is 5.99. The van der Waals surface area contributed by atoms with E-state index in [1.165, 1.54) is 0 Å². The summed E-state index contributed by atoms with van der Waals surface area (Å²) in [4.78, 5) is 50.2. The van der Waals surface area contributed by atoms with Crippen LogP contribution in [0.5, 0.6) is 0 Å². The van der Waals surface area contributed by atoms with Gasteiger partial charge in [-0.15, -0.1) is 13.2 Å². The van der Waals surface area contributed by atoms with Crippen LogP contribution in [-0.4, -0.2) is 86.0 Å². The van der Waals surface area contributed by atoms with E-state index >= 15 is 4.79 Å². The Kier molecular flexibility index (Phi) is 10.6. The molecule has 3 aliphatic heterocycles. The van der Waals surface area contributed by atoms with E-state index in [1.54, 1.807) is 22.0 Å². The van der Waals surface area contributed by atoms with Gasteiger partial charge in [-0.1, -0.05) is 84.0 Å². The van der Waals surface area contributed by atoms with Crippen molar-refractivity contribution < 1.29 is 24.2 Å². The fourth-order valence-corrected chi connectivity index (χ4v) is 9.24. The molecule has 0 aliphatic carbocycles. The lowest BCUT2D eigenvalue weighted by molar-refractivity contribution is -0.161. The maximum atomic E-state index is 15.2. The normalized spacial score (nSPS) is 29.2. The Morgan fingerprint density at radius 2 is 1.70 bits per heavy atom. The van der Waals surface area contributed by atoms with Crippen LogP contribution in [0, 0.1) is 29.1 Å². The van der Waals surface area contributed by atoms with Gasteiger partial charge < -0.3 is 24.5 Å². The molecule has 1 aromatic rings. The van der Waals surface area contributed by atoms with E-state index in [1.807, 2.05) is 56.0 Å². The standard InChI is InChI=1S/C39H59N3O5/c1-12-19-40(23-28-17-15-14-16-18-28)33(44)30-31-34(45)42(29(24-43)21-26(3)4)32(39(31)22-27(5)38(30,11)47-39)35(46)41(20-13-2)37(9,10)25-36(6,7)8/h12-18,26-27,29-32,43H,1-2,19-25H2,3-11H3/t27?,29-,30+,31+,32?,38-,39?/m1/s1. The molecule has 3 unspecified atom stereocenters. The van der Waals surface area contributed by atoms with Crippen LogP contribution >= 0.6 is 0 Å². The van der Waals surface area contributed by atoms with Crippen LogP contribution in [-0.2, 0) is 25.7 Å². The summed E-state index contributed by atoms with van der Waals surface area (Å²) in [6.45, 7) is 27.3. The quantitative estimate of drug-likeness (QED) is 0.256. The highest BCUT2D eigenvalue weighted by Crippen LogP contribution is 2.66. The highest BCUT2D eigenvalue weighted by atomic mass is 16.5. The molecule has 3 heterocycles.